The third kappa shape index (κ3) is 2.30. The first-order valence-corrected chi connectivity index (χ1v) is 6.93. The largest absolute Gasteiger partial charge is 0.356 e. The molecule has 0 radical (unpaired) electrons. The number of fused-ring (bicyclic) bond motifs is 1. The second-order valence-corrected chi connectivity index (χ2v) is 6.20. The number of anilines is 1. The second-order valence-electron chi connectivity index (χ2n) is 6.20. The molecule has 3 heteroatoms. The van der Waals surface area contributed by atoms with Crippen LogP contribution < -0.4 is 10.6 Å². The highest BCUT2D eigenvalue weighted by Crippen LogP contribution is 2.35. The molecule has 1 fully saturated rings. The van der Waals surface area contributed by atoms with Gasteiger partial charge >= 0.3 is 0 Å². The van der Waals surface area contributed by atoms with E-state index in [-0.39, 0.29) is 0 Å². The molecule has 2 N–H and O–H groups in total. The summed E-state index contributed by atoms with van der Waals surface area (Å²) in [4.78, 5) is 7.17. The quantitative estimate of drug-likeness (QED) is 0.897. The Kier molecular flexibility index (Phi) is 2.94. The summed E-state index contributed by atoms with van der Waals surface area (Å²) in [6.07, 6.45) is 1.22. The van der Waals surface area contributed by atoms with E-state index in [0.717, 1.165) is 24.6 Å². The van der Waals surface area contributed by atoms with Gasteiger partial charge < -0.3 is 10.6 Å². The van der Waals surface area contributed by atoms with E-state index >= 15 is 0 Å². The molecule has 0 spiro atoms. The van der Waals surface area contributed by atoms with Crippen LogP contribution in [0.5, 0.6) is 0 Å². The molecule has 1 aliphatic heterocycles. The van der Waals surface area contributed by atoms with Crippen molar-refractivity contribution in [2.45, 2.75) is 26.8 Å². The van der Waals surface area contributed by atoms with Gasteiger partial charge in [0.25, 0.3) is 0 Å². The van der Waals surface area contributed by atoms with Crippen molar-refractivity contribution >= 4 is 16.6 Å². The number of nitrogens with zero attached hydrogens (tertiary/aromatic N) is 2. The number of nitrogens with two attached hydrogens (primary N) is 1. The highest BCUT2D eigenvalue weighted by Gasteiger charge is 2.30. The van der Waals surface area contributed by atoms with Gasteiger partial charge in [-0.2, -0.15) is 0 Å². The van der Waals surface area contributed by atoms with E-state index in [4.69, 9.17) is 10.7 Å². The van der Waals surface area contributed by atoms with E-state index < -0.39 is 0 Å². The minimum atomic E-state index is 0.376. The highest BCUT2D eigenvalue weighted by molar-refractivity contribution is 5.92. The van der Waals surface area contributed by atoms with Gasteiger partial charge in [-0.05, 0) is 23.3 Å². The SMILES string of the molecule is CC1(C)CCN(c2nc(CN)cc3ccccc23)C1. The summed E-state index contributed by atoms with van der Waals surface area (Å²) in [7, 11) is 0. The molecule has 0 amide bonds. The van der Waals surface area contributed by atoms with E-state index in [2.05, 4.69) is 49.1 Å². The predicted molar refractivity (Wildman–Crippen MR) is 80.2 cm³/mol. The van der Waals surface area contributed by atoms with Crippen molar-refractivity contribution in [3.63, 3.8) is 0 Å². The van der Waals surface area contributed by atoms with Crippen LogP contribution in [0.2, 0.25) is 0 Å². The number of hydrogen-bond acceptors (Lipinski definition) is 3. The number of aromatic nitrogens is 1. The summed E-state index contributed by atoms with van der Waals surface area (Å²) < 4.78 is 0. The standard InChI is InChI=1S/C16H21N3/c1-16(2)7-8-19(11-16)15-14-6-4-3-5-12(14)9-13(10-17)18-15/h3-6,9H,7-8,10-11,17H2,1-2H3. The highest BCUT2D eigenvalue weighted by atomic mass is 15.2. The Hall–Kier alpha value is -1.61. The molecule has 2 heterocycles. The summed E-state index contributed by atoms with van der Waals surface area (Å²) in [5, 5.41) is 2.47. The van der Waals surface area contributed by atoms with Crippen LogP contribution in [0.4, 0.5) is 5.82 Å². The van der Waals surface area contributed by atoms with Crippen molar-refractivity contribution < 1.29 is 0 Å². The zero-order valence-electron chi connectivity index (χ0n) is 11.7. The van der Waals surface area contributed by atoms with E-state index in [9.17, 15) is 0 Å². The maximum absolute atomic E-state index is 5.78. The van der Waals surface area contributed by atoms with Crippen molar-refractivity contribution in [2.75, 3.05) is 18.0 Å². The molecule has 3 nitrogen and oxygen atoms in total. The lowest BCUT2D eigenvalue weighted by molar-refractivity contribution is 0.418. The molecule has 1 aromatic heterocycles. The fraction of sp³-hybridized carbons (Fsp3) is 0.438. The Morgan fingerprint density at radius 1 is 1.32 bits per heavy atom. The third-order valence-corrected chi connectivity index (χ3v) is 3.96. The monoisotopic (exact) mass is 255 g/mol. The molecule has 0 bridgehead atoms. The smallest absolute Gasteiger partial charge is 0.136 e. The first kappa shape index (κ1) is 12.4. The predicted octanol–water partition coefficient (Wildman–Crippen LogP) is 2.93. The first-order chi connectivity index (χ1) is 9.09. The second kappa shape index (κ2) is 4.49. The van der Waals surface area contributed by atoms with Gasteiger partial charge in [0.05, 0.1) is 5.69 Å². The van der Waals surface area contributed by atoms with Crippen LogP contribution in [0.25, 0.3) is 10.8 Å². The van der Waals surface area contributed by atoms with Crippen LogP contribution in [-0.2, 0) is 6.54 Å². The fourth-order valence-corrected chi connectivity index (χ4v) is 2.87. The van der Waals surface area contributed by atoms with Crippen LogP contribution >= 0.6 is 0 Å². The Bertz CT molecular complexity index is 604. The summed E-state index contributed by atoms with van der Waals surface area (Å²) in [5.41, 5.74) is 7.13. The molecule has 0 unspecified atom stereocenters. The van der Waals surface area contributed by atoms with Crippen molar-refractivity contribution in [2.24, 2.45) is 11.1 Å². The molecule has 0 aliphatic carbocycles. The molecule has 2 aromatic rings. The van der Waals surface area contributed by atoms with Gasteiger partial charge in [0.2, 0.25) is 0 Å². The third-order valence-electron chi connectivity index (χ3n) is 3.96. The average Bonchev–Trinajstić information content (AvgIpc) is 2.77. The lowest BCUT2D eigenvalue weighted by Gasteiger charge is -2.22. The molecule has 19 heavy (non-hydrogen) atoms. The summed E-state index contributed by atoms with van der Waals surface area (Å²) in [6, 6.07) is 10.5. The van der Waals surface area contributed by atoms with Crippen molar-refractivity contribution in [3.8, 4) is 0 Å². The normalized spacial score (nSPS) is 18.2. The molecule has 0 atom stereocenters. The van der Waals surface area contributed by atoms with E-state index in [1.807, 2.05) is 0 Å². The van der Waals surface area contributed by atoms with Crippen molar-refractivity contribution in [1.29, 1.82) is 0 Å². The van der Waals surface area contributed by atoms with Gasteiger partial charge in [0.1, 0.15) is 5.82 Å². The van der Waals surface area contributed by atoms with Crippen molar-refractivity contribution in [3.05, 3.63) is 36.0 Å². The van der Waals surface area contributed by atoms with Gasteiger partial charge in [0, 0.05) is 25.0 Å². The number of pyridine rings is 1. The minimum absolute atomic E-state index is 0.376. The molecule has 1 saturated heterocycles. The van der Waals surface area contributed by atoms with Gasteiger partial charge in [0.15, 0.2) is 0 Å². The lowest BCUT2D eigenvalue weighted by atomic mass is 9.93. The Morgan fingerprint density at radius 2 is 2.11 bits per heavy atom. The topological polar surface area (TPSA) is 42.2 Å². The van der Waals surface area contributed by atoms with Crippen LogP contribution in [0.3, 0.4) is 0 Å². The zero-order valence-corrected chi connectivity index (χ0v) is 11.7. The fourth-order valence-electron chi connectivity index (χ4n) is 2.87. The maximum atomic E-state index is 5.78. The maximum Gasteiger partial charge on any atom is 0.136 e. The number of rotatable bonds is 2. The summed E-state index contributed by atoms with van der Waals surface area (Å²) in [6.45, 7) is 7.29. The van der Waals surface area contributed by atoms with E-state index in [1.165, 1.54) is 17.2 Å². The van der Waals surface area contributed by atoms with Crippen molar-refractivity contribution in [1.82, 2.24) is 4.98 Å². The summed E-state index contributed by atoms with van der Waals surface area (Å²) in [5.74, 6) is 1.10. The minimum Gasteiger partial charge on any atom is -0.356 e. The van der Waals surface area contributed by atoms with Gasteiger partial charge in [-0.1, -0.05) is 38.1 Å². The van der Waals surface area contributed by atoms with Crippen LogP contribution in [0.15, 0.2) is 30.3 Å². The van der Waals surface area contributed by atoms with Crippen LogP contribution in [-0.4, -0.2) is 18.1 Å². The van der Waals surface area contributed by atoms with E-state index in [1.54, 1.807) is 0 Å². The average molecular weight is 255 g/mol. The molecule has 3 rings (SSSR count). The molecule has 0 saturated carbocycles. The number of hydrogen-bond donors (Lipinski definition) is 1. The van der Waals surface area contributed by atoms with Crippen LogP contribution in [0, 0.1) is 5.41 Å². The Morgan fingerprint density at radius 3 is 2.79 bits per heavy atom. The van der Waals surface area contributed by atoms with E-state index in [0.29, 0.717) is 12.0 Å². The van der Waals surface area contributed by atoms with Gasteiger partial charge in [-0.15, -0.1) is 0 Å². The molecular formula is C16H21N3. The molecule has 1 aliphatic rings. The Balaban J connectivity index is 2.11. The zero-order chi connectivity index (χ0) is 13.5. The number of benzene rings is 1. The van der Waals surface area contributed by atoms with Gasteiger partial charge in [-0.25, -0.2) is 4.98 Å². The molecule has 100 valence electrons. The molecule has 1 aromatic carbocycles. The van der Waals surface area contributed by atoms with Crippen LogP contribution in [0.1, 0.15) is 26.0 Å². The first-order valence-electron chi connectivity index (χ1n) is 6.93. The Labute approximate surface area is 114 Å². The van der Waals surface area contributed by atoms with Gasteiger partial charge in [-0.3, -0.25) is 0 Å². The lowest BCUT2D eigenvalue weighted by Crippen LogP contribution is -2.24. The molecular weight excluding hydrogens is 234 g/mol. The summed E-state index contributed by atoms with van der Waals surface area (Å²) >= 11 is 0.